The zero-order valence-corrected chi connectivity index (χ0v) is 14.9. The van der Waals surface area contributed by atoms with Crippen LogP contribution in [0.3, 0.4) is 0 Å². The third-order valence-corrected chi connectivity index (χ3v) is 5.53. The van der Waals surface area contributed by atoms with Crippen molar-refractivity contribution in [2.75, 3.05) is 19.6 Å². The van der Waals surface area contributed by atoms with Crippen LogP contribution in [-0.4, -0.2) is 68.1 Å². The molecule has 0 radical (unpaired) electrons. The Labute approximate surface area is 146 Å². The number of amides is 2. The first-order chi connectivity index (χ1) is 11.7. The number of carbonyl (C=O) groups excluding carboxylic acids is 2. The van der Waals surface area contributed by atoms with Crippen molar-refractivity contribution < 1.29 is 19.5 Å². The van der Waals surface area contributed by atoms with E-state index in [2.05, 4.69) is 5.10 Å². The van der Waals surface area contributed by atoms with E-state index in [1.165, 1.54) is 11.8 Å². The van der Waals surface area contributed by atoms with Crippen LogP contribution in [0.25, 0.3) is 0 Å². The van der Waals surface area contributed by atoms with Crippen LogP contribution in [0.4, 0.5) is 0 Å². The molecule has 0 bridgehead atoms. The van der Waals surface area contributed by atoms with E-state index < -0.39 is 12.0 Å². The highest BCUT2D eigenvalue weighted by molar-refractivity contribution is 5.92. The highest BCUT2D eigenvalue weighted by Gasteiger charge is 2.49. The van der Waals surface area contributed by atoms with Gasteiger partial charge in [0.2, 0.25) is 5.91 Å². The maximum Gasteiger partial charge on any atom is 0.326 e. The van der Waals surface area contributed by atoms with Gasteiger partial charge >= 0.3 is 5.97 Å². The van der Waals surface area contributed by atoms with Crippen molar-refractivity contribution in [2.24, 2.45) is 12.5 Å². The molecule has 1 aromatic heterocycles. The summed E-state index contributed by atoms with van der Waals surface area (Å²) in [5, 5.41) is 13.6. The Morgan fingerprint density at radius 1 is 1.28 bits per heavy atom. The van der Waals surface area contributed by atoms with Crippen molar-refractivity contribution in [1.29, 1.82) is 0 Å². The van der Waals surface area contributed by atoms with E-state index in [1.54, 1.807) is 22.7 Å². The van der Waals surface area contributed by atoms with Gasteiger partial charge < -0.3 is 14.9 Å². The van der Waals surface area contributed by atoms with Gasteiger partial charge in [-0.05, 0) is 37.7 Å². The fourth-order valence-electron chi connectivity index (χ4n) is 4.13. The molecule has 1 spiro atoms. The first kappa shape index (κ1) is 17.4. The molecule has 2 amide bonds. The van der Waals surface area contributed by atoms with Crippen molar-refractivity contribution in [1.82, 2.24) is 19.6 Å². The molecule has 3 heterocycles. The Balaban J connectivity index is 1.69. The van der Waals surface area contributed by atoms with Gasteiger partial charge in [-0.2, -0.15) is 5.10 Å². The van der Waals surface area contributed by atoms with Crippen LogP contribution in [-0.2, 0) is 16.6 Å². The first-order valence-electron chi connectivity index (χ1n) is 8.52. The van der Waals surface area contributed by atoms with E-state index in [9.17, 15) is 19.5 Å². The lowest BCUT2D eigenvalue weighted by atomic mass is 9.76. The van der Waals surface area contributed by atoms with Gasteiger partial charge in [-0.25, -0.2) is 4.79 Å². The number of hydrogen-bond donors (Lipinski definition) is 1. The van der Waals surface area contributed by atoms with Crippen LogP contribution in [0.2, 0.25) is 0 Å². The summed E-state index contributed by atoms with van der Waals surface area (Å²) < 4.78 is 1.59. The van der Waals surface area contributed by atoms with Crippen LogP contribution in [0.1, 0.15) is 42.4 Å². The topological polar surface area (TPSA) is 95.7 Å². The van der Waals surface area contributed by atoms with Gasteiger partial charge in [0.15, 0.2) is 0 Å². The molecule has 2 aliphatic rings. The molecule has 1 atom stereocenters. The Morgan fingerprint density at radius 3 is 2.36 bits per heavy atom. The molecule has 8 heteroatoms. The molecule has 1 aromatic rings. The number of nitrogens with zero attached hydrogens (tertiary/aromatic N) is 4. The van der Waals surface area contributed by atoms with E-state index in [0.29, 0.717) is 44.6 Å². The number of likely N-dealkylation sites (tertiary alicyclic amines) is 2. The standard InChI is InChI=1S/C17H24N4O4/c1-11-8-13(19(3)18-11)15(23)20-6-4-17(5-7-20)9-14(16(24)25)21(10-17)12(2)22/h8,14H,4-7,9-10H2,1-3H3,(H,24,25). The van der Waals surface area contributed by atoms with Crippen LogP contribution in [0, 0.1) is 12.3 Å². The summed E-state index contributed by atoms with van der Waals surface area (Å²) in [6.07, 6.45) is 1.89. The number of carboxylic acids is 1. The lowest BCUT2D eigenvalue weighted by Crippen LogP contribution is -2.45. The van der Waals surface area contributed by atoms with Crippen molar-refractivity contribution in [3.05, 3.63) is 17.5 Å². The van der Waals surface area contributed by atoms with Gasteiger partial charge in [-0.1, -0.05) is 0 Å². The Kier molecular flexibility index (Phi) is 4.30. The largest absolute Gasteiger partial charge is 0.480 e. The number of rotatable bonds is 2. The van der Waals surface area contributed by atoms with E-state index in [4.69, 9.17) is 0 Å². The van der Waals surface area contributed by atoms with Crippen LogP contribution in [0.5, 0.6) is 0 Å². The minimum atomic E-state index is -0.948. The maximum absolute atomic E-state index is 12.7. The second-order valence-corrected chi connectivity index (χ2v) is 7.29. The summed E-state index contributed by atoms with van der Waals surface area (Å²) >= 11 is 0. The van der Waals surface area contributed by atoms with Gasteiger partial charge in [0.1, 0.15) is 11.7 Å². The molecule has 0 aromatic carbocycles. The number of hydrogen-bond acceptors (Lipinski definition) is 4. The SMILES string of the molecule is CC(=O)N1CC2(CCN(C(=O)c3cc(C)nn3C)CC2)CC1C(=O)O. The molecule has 2 saturated heterocycles. The van der Waals surface area contributed by atoms with Gasteiger partial charge in [-0.3, -0.25) is 14.3 Å². The second-order valence-electron chi connectivity index (χ2n) is 7.29. The van der Waals surface area contributed by atoms with Gasteiger partial charge in [0.25, 0.3) is 5.91 Å². The predicted molar refractivity (Wildman–Crippen MR) is 88.9 cm³/mol. The summed E-state index contributed by atoms with van der Waals surface area (Å²) in [5.74, 6) is -1.20. The molecule has 0 saturated carbocycles. The molecular formula is C17H24N4O4. The Bertz CT molecular complexity index is 694. The first-order valence-corrected chi connectivity index (χ1v) is 8.52. The zero-order valence-electron chi connectivity index (χ0n) is 14.9. The smallest absolute Gasteiger partial charge is 0.326 e. The third kappa shape index (κ3) is 3.12. The summed E-state index contributed by atoms with van der Waals surface area (Å²) in [5.41, 5.74) is 1.17. The summed E-state index contributed by atoms with van der Waals surface area (Å²) in [6, 6.07) is 1.03. The molecule has 8 nitrogen and oxygen atoms in total. The molecule has 2 aliphatic heterocycles. The molecule has 3 rings (SSSR count). The predicted octanol–water partition coefficient (Wildman–Crippen LogP) is 0.656. The number of aryl methyl sites for hydroxylation is 2. The zero-order chi connectivity index (χ0) is 18.4. The van der Waals surface area contributed by atoms with E-state index in [-0.39, 0.29) is 17.2 Å². The Morgan fingerprint density at radius 2 is 1.92 bits per heavy atom. The van der Waals surface area contributed by atoms with Crippen LogP contribution >= 0.6 is 0 Å². The maximum atomic E-state index is 12.7. The number of aliphatic carboxylic acids is 1. The average molecular weight is 348 g/mol. The Hall–Kier alpha value is -2.38. The van der Waals surface area contributed by atoms with E-state index in [1.807, 2.05) is 6.92 Å². The van der Waals surface area contributed by atoms with E-state index in [0.717, 1.165) is 5.69 Å². The van der Waals surface area contributed by atoms with Crippen molar-refractivity contribution in [2.45, 2.75) is 39.2 Å². The highest BCUT2D eigenvalue weighted by Crippen LogP contribution is 2.43. The molecule has 1 unspecified atom stereocenters. The molecule has 0 aliphatic carbocycles. The van der Waals surface area contributed by atoms with Crippen molar-refractivity contribution >= 4 is 17.8 Å². The lowest BCUT2D eigenvalue weighted by Gasteiger charge is -2.39. The molecule has 136 valence electrons. The minimum Gasteiger partial charge on any atom is -0.480 e. The lowest BCUT2D eigenvalue weighted by molar-refractivity contribution is -0.147. The normalized spacial score (nSPS) is 22.4. The molecule has 2 fully saturated rings. The monoisotopic (exact) mass is 348 g/mol. The molecular weight excluding hydrogens is 324 g/mol. The number of piperidine rings is 1. The van der Waals surface area contributed by atoms with Gasteiger partial charge in [-0.15, -0.1) is 0 Å². The average Bonchev–Trinajstić information content (AvgIpc) is 3.08. The van der Waals surface area contributed by atoms with Crippen LogP contribution in [0.15, 0.2) is 6.07 Å². The summed E-state index contributed by atoms with van der Waals surface area (Å²) in [7, 11) is 1.75. The van der Waals surface area contributed by atoms with Crippen LogP contribution < -0.4 is 0 Å². The van der Waals surface area contributed by atoms with Crippen molar-refractivity contribution in [3.63, 3.8) is 0 Å². The number of carboxylic acid groups (broad SMARTS) is 1. The fraction of sp³-hybridized carbons (Fsp3) is 0.647. The third-order valence-electron chi connectivity index (χ3n) is 5.53. The second kappa shape index (κ2) is 6.16. The molecule has 1 N–H and O–H groups in total. The highest BCUT2D eigenvalue weighted by atomic mass is 16.4. The molecule has 25 heavy (non-hydrogen) atoms. The van der Waals surface area contributed by atoms with Gasteiger partial charge in [0, 0.05) is 33.6 Å². The van der Waals surface area contributed by atoms with E-state index >= 15 is 0 Å². The minimum absolute atomic E-state index is 0.0471. The summed E-state index contributed by atoms with van der Waals surface area (Å²) in [4.78, 5) is 39.2. The van der Waals surface area contributed by atoms with Crippen molar-refractivity contribution in [3.8, 4) is 0 Å². The number of carbonyl (C=O) groups is 3. The quantitative estimate of drug-likeness (QED) is 0.847. The summed E-state index contributed by atoms with van der Waals surface area (Å²) in [6.45, 7) is 4.87. The van der Waals surface area contributed by atoms with Gasteiger partial charge in [0.05, 0.1) is 5.69 Å². The fourth-order valence-corrected chi connectivity index (χ4v) is 4.13. The number of aromatic nitrogens is 2.